The Hall–Kier alpha value is -5.12. The van der Waals surface area contributed by atoms with Crippen LogP contribution in [0.1, 0.15) is 11.1 Å². The van der Waals surface area contributed by atoms with Gasteiger partial charge in [0.2, 0.25) is 0 Å². The van der Waals surface area contributed by atoms with Gasteiger partial charge in [-0.25, -0.2) is 19.2 Å². The molecule has 176 valence electrons. The molecule has 0 saturated carbocycles. The number of rotatable bonds is 6. The van der Waals surface area contributed by atoms with Crippen molar-refractivity contribution in [2.75, 3.05) is 0 Å². The summed E-state index contributed by atoms with van der Waals surface area (Å²) in [6.07, 6.45) is 3.39. The SMILES string of the molecule is Cc1cc(OCc2cccc(-c3nc4c5cnn(-c6ccccc6)c5ncn4n3)c2)ccc1[N+](=O)[O-]. The van der Waals surface area contributed by atoms with E-state index in [1.54, 1.807) is 40.8 Å². The van der Waals surface area contributed by atoms with E-state index in [-0.39, 0.29) is 5.69 Å². The minimum absolute atomic E-state index is 0.0696. The highest BCUT2D eigenvalue weighted by atomic mass is 16.6. The van der Waals surface area contributed by atoms with Crippen molar-refractivity contribution < 1.29 is 9.66 Å². The number of fused-ring (bicyclic) bond motifs is 3. The molecule has 10 nitrogen and oxygen atoms in total. The highest BCUT2D eigenvalue weighted by Gasteiger charge is 2.15. The van der Waals surface area contributed by atoms with Gasteiger partial charge in [-0.15, -0.1) is 5.10 Å². The zero-order valence-corrected chi connectivity index (χ0v) is 19.1. The molecule has 0 N–H and O–H groups in total. The van der Waals surface area contributed by atoms with Crippen LogP contribution in [0.5, 0.6) is 5.75 Å². The van der Waals surface area contributed by atoms with Gasteiger partial charge in [0.05, 0.1) is 22.2 Å². The van der Waals surface area contributed by atoms with Crippen LogP contribution in [0, 0.1) is 17.0 Å². The molecule has 0 atom stereocenters. The summed E-state index contributed by atoms with van der Waals surface area (Å²) < 4.78 is 9.30. The Balaban J connectivity index is 1.28. The fourth-order valence-corrected chi connectivity index (χ4v) is 4.09. The van der Waals surface area contributed by atoms with Crippen molar-refractivity contribution in [1.82, 2.24) is 29.4 Å². The molecule has 0 aliphatic heterocycles. The van der Waals surface area contributed by atoms with Gasteiger partial charge in [-0.05, 0) is 42.8 Å². The minimum atomic E-state index is -0.402. The largest absolute Gasteiger partial charge is 0.489 e. The van der Waals surface area contributed by atoms with Crippen LogP contribution < -0.4 is 4.74 Å². The van der Waals surface area contributed by atoms with Crippen LogP contribution >= 0.6 is 0 Å². The number of aromatic nitrogens is 6. The van der Waals surface area contributed by atoms with E-state index < -0.39 is 4.92 Å². The Morgan fingerprint density at radius 3 is 2.67 bits per heavy atom. The van der Waals surface area contributed by atoms with E-state index in [9.17, 15) is 10.1 Å². The van der Waals surface area contributed by atoms with E-state index in [4.69, 9.17) is 9.72 Å². The van der Waals surface area contributed by atoms with Gasteiger partial charge < -0.3 is 4.74 Å². The molecular formula is C26H19N7O3. The third-order valence-electron chi connectivity index (χ3n) is 5.86. The maximum absolute atomic E-state index is 11.0. The molecule has 3 aromatic heterocycles. The Morgan fingerprint density at radius 1 is 1.00 bits per heavy atom. The average molecular weight is 477 g/mol. The molecule has 0 aliphatic carbocycles. The number of hydrogen-bond donors (Lipinski definition) is 0. The molecular weight excluding hydrogens is 458 g/mol. The first kappa shape index (κ1) is 21.4. The van der Waals surface area contributed by atoms with Crippen LogP contribution in [0.4, 0.5) is 5.69 Å². The molecule has 3 heterocycles. The Bertz CT molecular complexity index is 1740. The molecule has 0 saturated heterocycles. The standard InChI is InChI=1S/C26H19N7O3/c1-17-12-21(10-11-23(17)33(34)35)36-15-18-6-5-7-19(13-18)24-29-26-22-14-28-32(20-8-3-2-4-9-20)25(22)27-16-31(26)30-24/h2-14,16H,15H2,1H3. The summed E-state index contributed by atoms with van der Waals surface area (Å²) in [6, 6.07) is 22.3. The summed E-state index contributed by atoms with van der Waals surface area (Å²) in [6.45, 7) is 1.99. The fourth-order valence-electron chi connectivity index (χ4n) is 4.09. The first-order valence-corrected chi connectivity index (χ1v) is 11.2. The first-order valence-electron chi connectivity index (χ1n) is 11.2. The van der Waals surface area contributed by atoms with E-state index in [2.05, 4.69) is 15.2 Å². The van der Waals surface area contributed by atoms with E-state index in [0.29, 0.717) is 35.0 Å². The lowest BCUT2D eigenvalue weighted by atomic mass is 10.1. The minimum Gasteiger partial charge on any atom is -0.489 e. The van der Waals surface area contributed by atoms with Gasteiger partial charge in [0.1, 0.15) is 18.7 Å². The quantitative estimate of drug-likeness (QED) is 0.247. The van der Waals surface area contributed by atoms with Crippen molar-refractivity contribution in [2.45, 2.75) is 13.5 Å². The Morgan fingerprint density at radius 2 is 1.86 bits per heavy atom. The molecule has 0 aliphatic rings. The van der Waals surface area contributed by atoms with Crippen molar-refractivity contribution in [1.29, 1.82) is 0 Å². The third kappa shape index (κ3) is 3.80. The third-order valence-corrected chi connectivity index (χ3v) is 5.86. The van der Waals surface area contributed by atoms with Gasteiger partial charge in [0.25, 0.3) is 5.69 Å². The van der Waals surface area contributed by atoms with Crippen LogP contribution in [0.2, 0.25) is 0 Å². The Kier molecular flexibility index (Phi) is 5.11. The lowest BCUT2D eigenvalue weighted by Gasteiger charge is -2.08. The number of para-hydroxylation sites is 1. The lowest BCUT2D eigenvalue weighted by molar-refractivity contribution is -0.385. The van der Waals surface area contributed by atoms with Crippen molar-refractivity contribution in [3.05, 3.63) is 107 Å². The van der Waals surface area contributed by atoms with E-state index in [1.165, 1.54) is 6.07 Å². The maximum atomic E-state index is 11.0. The molecule has 36 heavy (non-hydrogen) atoms. The van der Waals surface area contributed by atoms with Crippen LogP contribution in [0.15, 0.2) is 85.3 Å². The normalized spacial score (nSPS) is 11.2. The van der Waals surface area contributed by atoms with Gasteiger partial charge in [-0.2, -0.15) is 5.10 Å². The van der Waals surface area contributed by atoms with Crippen LogP contribution in [-0.2, 0) is 6.61 Å². The number of ether oxygens (including phenoxy) is 1. The van der Waals surface area contributed by atoms with Crippen LogP contribution in [0.3, 0.4) is 0 Å². The molecule has 6 rings (SSSR count). The van der Waals surface area contributed by atoms with Gasteiger partial charge in [-0.3, -0.25) is 10.1 Å². The second kappa shape index (κ2) is 8.58. The summed E-state index contributed by atoms with van der Waals surface area (Å²) in [4.78, 5) is 20.0. The summed E-state index contributed by atoms with van der Waals surface area (Å²) in [7, 11) is 0. The number of nitro benzene ring substituents is 1. The summed E-state index contributed by atoms with van der Waals surface area (Å²) in [5, 5.41) is 20.9. The number of hydrogen-bond acceptors (Lipinski definition) is 7. The zero-order chi connectivity index (χ0) is 24.6. The summed E-state index contributed by atoms with van der Waals surface area (Å²) in [5.41, 5.74) is 4.66. The predicted octanol–water partition coefficient (Wildman–Crippen LogP) is 4.93. The monoisotopic (exact) mass is 477 g/mol. The molecule has 0 bridgehead atoms. The smallest absolute Gasteiger partial charge is 0.272 e. The first-order chi connectivity index (χ1) is 17.6. The topological polar surface area (TPSA) is 113 Å². The zero-order valence-electron chi connectivity index (χ0n) is 19.1. The highest BCUT2D eigenvalue weighted by Crippen LogP contribution is 2.26. The highest BCUT2D eigenvalue weighted by molar-refractivity contribution is 5.90. The van der Waals surface area contributed by atoms with Gasteiger partial charge >= 0.3 is 0 Å². The number of benzene rings is 3. The molecule has 0 amide bonds. The van der Waals surface area contributed by atoms with Gasteiger partial charge in [-0.1, -0.05) is 36.4 Å². The Labute approximate surface area is 204 Å². The predicted molar refractivity (Wildman–Crippen MR) is 133 cm³/mol. The van der Waals surface area contributed by atoms with Crippen molar-refractivity contribution in [3.8, 4) is 22.8 Å². The second-order valence-electron chi connectivity index (χ2n) is 8.27. The van der Waals surface area contributed by atoms with Crippen molar-refractivity contribution in [3.63, 3.8) is 0 Å². The molecule has 6 aromatic rings. The number of nitrogens with zero attached hydrogens (tertiary/aromatic N) is 7. The van der Waals surface area contributed by atoms with Crippen LogP contribution in [-0.4, -0.2) is 34.3 Å². The average Bonchev–Trinajstić information content (AvgIpc) is 3.52. The molecule has 0 radical (unpaired) electrons. The van der Waals surface area contributed by atoms with Crippen molar-refractivity contribution in [2.24, 2.45) is 0 Å². The number of nitro groups is 1. The van der Waals surface area contributed by atoms with E-state index in [1.807, 2.05) is 54.6 Å². The summed E-state index contributed by atoms with van der Waals surface area (Å²) >= 11 is 0. The van der Waals surface area contributed by atoms with Gasteiger partial charge in [0, 0.05) is 17.2 Å². The molecule has 10 heteroatoms. The van der Waals surface area contributed by atoms with Crippen molar-refractivity contribution >= 4 is 22.4 Å². The second-order valence-corrected chi connectivity index (χ2v) is 8.27. The molecule has 0 spiro atoms. The lowest BCUT2D eigenvalue weighted by Crippen LogP contribution is -1.98. The molecule has 0 unspecified atom stereocenters. The molecule has 3 aromatic carbocycles. The van der Waals surface area contributed by atoms with E-state index in [0.717, 1.165) is 22.2 Å². The van der Waals surface area contributed by atoms with Gasteiger partial charge in [0.15, 0.2) is 17.1 Å². The fraction of sp³-hybridized carbons (Fsp3) is 0.0769. The van der Waals surface area contributed by atoms with Crippen LogP contribution in [0.25, 0.3) is 33.8 Å². The van der Waals surface area contributed by atoms with E-state index >= 15 is 0 Å². The summed E-state index contributed by atoms with van der Waals surface area (Å²) in [5.74, 6) is 1.13. The number of aryl methyl sites for hydroxylation is 1. The maximum Gasteiger partial charge on any atom is 0.272 e. The molecule has 0 fully saturated rings.